The normalized spacial score (nSPS) is 10.8. The van der Waals surface area contributed by atoms with Crippen molar-refractivity contribution in [3.63, 3.8) is 0 Å². The number of nitrogens with zero attached hydrogens (tertiary/aromatic N) is 5. The number of aryl methyl sites for hydroxylation is 2. The lowest BCUT2D eigenvalue weighted by Crippen LogP contribution is -2.18. The summed E-state index contributed by atoms with van der Waals surface area (Å²) in [5.41, 5.74) is 1.25. The number of carbonyl (C=O) groups excluding carboxylic acids is 1. The molecule has 1 aromatic carbocycles. The molecule has 0 aliphatic rings. The van der Waals surface area contributed by atoms with Crippen molar-refractivity contribution in [1.82, 2.24) is 24.8 Å². The molecule has 7 nitrogen and oxygen atoms in total. The van der Waals surface area contributed by atoms with Gasteiger partial charge >= 0.3 is 0 Å². The molecule has 0 radical (unpaired) electrons. The third-order valence-corrected chi connectivity index (χ3v) is 3.26. The van der Waals surface area contributed by atoms with E-state index in [0.29, 0.717) is 28.0 Å². The van der Waals surface area contributed by atoms with E-state index in [1.807, 2.05) is 0 Å². The smallest absolute Gasteiger partial charge is 0.278 e. The highest BCUT2D eigenvalue weighted by atomic mass is 35.5. The van der Waals surface area contributed by atoms with Crippen LogP contribution < -0.4 is 5.32 Å². The Kier molecular flexibility index (Phi) is 3.26. The first-order chi connectivity index (χ1) is 10.1. The summed E-state index contributed by atoms with van der Waals surface area (Å²) in [5.74, 6) is 0.526. The first kappa shape index (κ1) is 13.4. The maximum atomic E-state index is 12.3. The fraction of sp³-hybridized carbons (Fsp3) is 0.154. The van der Waals surface area contributed by atoms with Crippen molar-refractivity contribution in [2.24, 2.45) is 0 Å². The second kappa shape index (κ2) is 5.10. The van der Waals surface area contributed by atoms with Crippen LogP contribution in [0.5, 0.6) is 0 Å². The third kappa shape index (κ3) is 2.43. The van der Waals surface area contributed by atoms with E-state index >= 15 is 0 Å². The minimum Gasteiger partial charge on any atom is -0.319 e. The highest BCUT2D eigenvalue weighted by Gasteiger charge is 2.17. The minimum atomic E-state index is -0.400. The van der Waals surface area contributed by atoms with Crippen LogP contribution in [-0.4, -0.2) is 30.7 Å². The predicted octanol–water partition coefficient (Wildman–Crippen LogP) is 2.04. The van der Waals surface area contributed by atoms with Crippen LogP contribution in [0.2, 0.25) is 5.02 Å². The molecule has 0 aliphatic carbocycles. The van der Waals surface area contributed by atoms with Crippen molar-refractivity contribution >= 4 is 29.0 Å². The van der Waals surface area contributed by atoms with Gasteiger partial charge in [0.05, 0.1) is 16.4 Å². The molecule has 0 fully saturated rings. The molecule has 0 spiro atoms. The zero-order chi connectivity index (χ0) is 15.0. The zero-order valence-corrected chi connectivity index (χ0v) is 12.1. The van der Waals surface area contributed by atoms with Crippen LogP contribution in [0.1, 0.15) is 22.0 Å². The fourth-order valence-corrected chi connectivity index (χ4v) is 2.10. The summed E-state index contributed by atoms with van der Waals surface area (Å²) in [5, 5.41) is 15.1. The van der Waals surface area contributed by atoms with Gasteiger partial charge in [0.1, 0.15) is 5.82 Å². The van der Waals surface area contributed by atoms with E-state index < -0.39 is 5.91 Å². The summed E-state index contributed by atoms with van der Waals surface area (Å²) < 4.78 is 1.49. The minimum absolute atomic E-state index is 0.173. The van der Waals surface area contributed by atoms with Gasteiger partial charge in [-0.3, -0.25) is 4.79 Å². The Labute approximate surface area is 125 Å². The lowest BCUT2D eigenvalue weighted by Gasteiger charge is -2.08. The van der Waals surface area contributed by atoms with E-state index in [9.17, 15) is 4.79 Å². The molecule has 3 rings (SSSR count). The largest absolute Gasteiger partial charge is 0.319 e. The Hall–Kier alpha value is -2.54. The second-order valence-electron chi connectivity index (χ2n) is 4.44. The summed E-state index contributed by atoms with van der Waals surface area (Å²) in [6.07, 6.45) is 0. The molecular formula is C13H11ClN6O. The number of halogens is 1. The number of hydrogen-bond donors (Lipinski definition) is 1. The summed E-state index contributed by atoms with van der Waals surface area (Å²) >= 11 is 6.02. The number of anilines is 1. The molecule has 0 bridgehead atoms. The molecule has 0 saturated carbocycles. The van der Waals surface area contributed by atoms with Crippen LogP contribution in [0.4, 0.5) is 5.69 Å². The Balaban J connectivity index is 1.98. The van der Waals surface area contributed by atoms with Gasteiger partial charge < -0.3 is 5.32 Å². The van der Waals surface area contributed by atoms with Gasteiger partial charge in [-0.2, -0.15) is 9.50 Å². The van der Waals surface area contributed by atoms with E-state index in [-0.39, 0.29) is 5.69 Å². The molecular weight excluding hydrogens is 292 g/mol. The number of hydrogen-bond acceptors (Lipinski definition) is 5. The van der Waals surface area contributed by atoms with E-state index in [4.69, 9.17) is 11.6 Å². The van der Waals surface area contributed by atoms with Crippen molar-refractivity contribution < 1.29 is 4.79 Å². The number of fused-ring (bicyclic) bond motifs is 1. The molecule has 0 unspecified atom stereocenters. The van der Waals surface area contributed by atoms with Crippen LogP contribution in [0.15, 0.2) is 24.3 Å². The first-order valence-electron chi connectivity index (χ1n) is 6.19. The van der Waals surface area contributed by atoms with E-state index in [0.717, 1.165) is 0 Å². The Morgan fingerprint density at radius 1 is 1.24 bits per heavy atom. The molecule has 3 aromatic rings. The number of benzene rings is 1. The fourth-order valence-electron chi connectivity index (χ4n) is 1.91. The van der Waals surface area contributed by atoms with E-state index in [1.54, 1.807) is 38.1 Å². The summed E-state index contributed by atoms with van der Waals surface area (Å²) in [4.78, 5) is 16.4. The number of nitrogens with one attached hydrogen (secondary N) is 1. The van der Waals surface area contributed by atoms with Crippen LogP contribution in [0.25, 0.3) is 5.78 Å². The monoisotopic (exact) mass is 302 g/mol. The van der Waals surface area contributed by atoms with Crippen LogP contribution in [-0.2, 0) is 0 Å². The number of aromatic nitrogens is 5. The van der Waals surface area contributed by atoms with Crippen LogP contribution >= 0.6 is 11.6 Å². The Morgan fingerprint density at radius 2 is 2.00 bits per heavy atom. The van der Waals surface area contributed by atoms with Gasteiger partial charge in [-0.1, -0.05) is 23.7 Å². The highest BCUT2D eigenvalue weighted by Crippen LogP contribution is 2.21. The van der Waals surface area contributed by atoms with Crippen molar-refractivity contribution in [1.29, 1.82) is 0 Å². The van der Waals surface area contributed by atoms with Gasteiger partial charge in [0.25, 0.3) is 11.7 Å². The molecule has 2 heterocycles. The molecule has 2 aromatic heterocycles. The maximum absolute atomic E-state index is 12.3. The zero-order valence-electron chi connectivity index (χ0n) is 11.3. The van der Waals surface area contributed by atoms with E-state index in [2.05, 4.69) is 25.6 Å². The number of carbonyl (C=O) groups is 1. The molecule has 8 heteroatoms. The van der Waals surface area contributed by atoms with Crippen molar-refractivity contribution in [3.05, 3.63) is 46.5 Å². The van der Waals surface area contributed by atoms with Gasteiger partial charge in [-0.05, 0) is 26.0 Å². The number of amides is 1. The second-order valence-corrected chi connectivity index (χ2v) is 4.85. The highest BCUT2D eigenvalue weighted by molar-refractivity contribution is 6.33. The molecule has 1 N–H and O–H groups in total. The number of rotatable bonds is 2. The van der Waals surface area contributed by atoms with Crippen molar-refractivity contribution in [2.45, 2.75) is 13.8 Å². The Morgan fingerprint density at radius 3 is 2.76 bits per heavy atom. The molecule has 1 amide bonds. The molecule has 0 aliphatic heterocycles. The van der Waals surface area contributed by atoms with E-state index in [1.165, 1.54) is 4.52 Å². The number of para-hydroxylation sites is 1. The Bertz CT molecular complexity index is 844. The van der Waals surface area contributed by atoms with Gasteiger partial charge in [0.15, 0.2) is 5.69 Å². The summed E-state index contributed by atoms with van der Waals surface area (Å²) in [7, 11) is 0. The lowest BCUT2D eigenvalue weighted by atomic mass is 10.3. The molecule has 0 atom stereocenters. The maximum Gasteiger partial charge on any atom is 0.278 e. The van der Waals surface area contributed by atoms with Crippen LogP contribution in [0, 0.1) is 13.8 Å². The molecule has 21 heavy (non-hydrogen) atoms. The first-order valence-corrected chi connectivity index (χ1v) is 6.56. The van der Waals surface area contributed by atoms with Gasteiger partial charge in [-0.15, -0.1) is 15.3 Å². The van der Waals surface area contributed by atoms with Gasteiger partial charge in [0.2, 0.25) is 0 Å². The SMILES string of the molecule is Cc1nc2nnc(C(=O)Nc3ccccc3Cl)c(C)n2n1. The standard InChI is InChI=1S/C13H11ClN6O/c1-7-11(17-18-13-15-8(2)19-20(7)13)12(21)16-10-6-4-3-5-9(10)14/h3-6H,1-2H3,(H,16,21). The molecule has 106 valence electrons. The summed E-state index contributed by atoms with van der Waals surface area (Å²) in [6, 6.07) is 6.97. The van der Waals surface area contributed by atoms with Gasteiger partial charge in [0, 0.05) is 0 Å². The average molecular weight is 303 g/mol. The average Bonchev–Trinajstić information content (AvgIpc) is 2.83. The van der Waals surface area contributed by atoms with Crippen LogP contribution in [0.3, 0.4) is 0 Å². The van der Waals surface area contributed by atoms with Crippen molar-refractivity contribution in [2.75, 3.05) is 5.32 Å². The van der Waals surface area contributed by atoms with Crippen molar-refractivity contribution in [3.8, 4) is 0 Å². The van der Waals surface area contributed by atoms with Gasteiger partial charge in [-0.25, -0.2) is 0 Å². The third-order valence-electron chi connectivity index (χ3n) is 2.93. The predicted molar refractivity (Wildman–Crippen MR) is 77.5 cm³/mol. The lowest BCUT2D eigenvalue weighted by molar-refractivity contribution is 0.102. The summed E-state index contributed by atoms with van der Waals surface area (Å²) in [6.45, 7) is 3.48. The molecule has 0 saturated heterocycles. The quantitative estimate of drug-likeness (QED) is 0.783. The topological polar surface area (TPSA) is 85.1 Å².